The van der Waals surface area contributed by atoms with Crippen LogP contribution in [-0.2, 0) is 10.3 Å². The van der Waals surface area contributed by atoms with Crippen molar-refractivity contribution < 1.29 is 9.90 Å². The molecule has 1 saturated carbocycles. The maximum absolute atomic E-state index is 11.8. The summed E-state index contributed by atoms with van der Waals surface area (Å²) in [6.45, 7) is 1.75. The fraction of sp³-hybridized carbons (Fsp3) is 0.533. The highest BCUT2D eigenvalue weighted by Gasteiger charge is 2.38. The van der Waals surface area contributed by atoms with Gasteiger partial charge in [-0.15, -0.1) is 0 Å². The van der Waals surface area contributed by atoms with Crippen LogP contribution in [0.2, 0.25) is 0 Å². The fourth-order valence-electron chi connectivity index (χ4n) is 2.78. The molecule has 0 saturated heterocycles. The number of nitrogens with one attached hydrogen (secondary N) is 1. The van der Waals surface area contributed by atoms with E-state index in [0.717, 1.165) is 22.9 Å². The zero-order valence-corrected chi connectivity index (χ0v) is 12.7. The van der Waals surface area contributed by atoms with Crippen molar-refractivity contribution in [3.05, 3.63) is 34.3 Å². The van der Waals surface area contributed by atoms with E-state index >= 15 is 0 Å². The molecule has 0 heterocycles. The highest BCUT2D eigenvalue weighted by Crippen LogP contribution is 2.31. The molecule has 1 fully saturated rings. The molecule has 0 aromatic heterocycles. The van der Waals surface area contributed by atoms with E-state index in [1.54, 1.807) is 6.92 Å². The van der Waals surface area contributed by atoms with Crippen LogP contribution >= 0.6 is 15.9 Å². The SMILES string of the molecule is CC(NC1CCCCC1)(C(=O)O)c1ccccc1Br. The molecule has 3 nitrogen and oxygen atoms in total. The molecule has 4 heteroatoms. The highest BCUT2D eigenvalue weighted by molar-refractivity contribution is 9.10. The minimum absolute atomic E-state index is 0.293. The number of carboxylic acids is 1. The van der Waals surface area contributed by atoms with E-state index in [-0.39, 0.29) is 0 Å². The highest BCUT2D eigenvalue weighted by atomic mass is 79.9. The minimum atomic E-state index is -1.04. The average Bonchev–Trinajstić information content (AvgIpc) is 2.40. The molecule has 0 aliphatic heterocycles. The van der Waals surface area contributed by atoms with Crippen LogP contribution in [0.15, 0.2) is 28.7 Å². The normalized spacial score (nSPS) is 19.9. The molecule has 1 aromatic rings. The molecule has 0 bridgehead atoms. The van der Waals surface area contributed by atoms with E-state index in [1.807, 2.05) is 24.3 Å². The largest absolute Gasteiger partial charge is 0.480 e. The molecule has 1 unspecified atom stereocenters. The summed E-state index contributed by atoms with van der Waals surface area (Å²) in [6.07, 6.45) is 5.75. The molecule has 1 atom stereocenters. The Morgan fingerprint density at radius 2 is 1.95 bits per heavy atom. The molecule has 104 valence electrons. The van der Waals surface area contributed by atoms with Crippen LogP contribution in [0.25, 0.3) is 0 Å². The topological polar surface area (TPSA) is 49.3 Å². The van der Waals surface area contributed by atoms with E-state index in [0.29, 0.717) is 6.04 Å². The summed E-state index contributed by atoms with van der Waals surface area (Å²) in [4.78, 5) is 11.8. The van der Waals surface area contributed by atoms with Gasteiger partial charge in [0.1, 0.15) is 5.54 Å². The third-order valence-electron chi connectivity index (χ3n) is 3.94. The van der Waals surface area contributed by atoms with E-state index in [1.165, 1.54) is 19.3 Å². The van der Waals surface area contributed by atoms with Crippen molar-refractivity contribution in [2.24, 2.45) is 0 Å². The molecule has 0 spiro atoms. The standard InChI is InChI=1S/C15H20BrNO2/c1-15(14(18)19,12-9-5-6-10-13(12)16)17-11-7-3-2-4-8-11/h5-6,9-11,17H,2-4,7-8H2,1H3,(H,18,19). The zero-order valence-electron chi connectivity index (χ0n) is 11.2. The van der Waals surface area contributed by atoms with Crippen molar-refractivity contribution in [1.29, 1.82) is 0 Å². The van der Waals surface area contributed by atoms with Gasteiger partial charge in [-0.05, 0) is 31.4 Å². The Morgan fingerprint density at radius 1 is 1.32 bits per heavy atom. The van der Waals surface area contributed by atoms with Crippen LogP contribution in [0.1, 0.15) is 44.6 Å². The first-order chi connectivity index (χ1) is 9.04. The second-order valence-electron chi connectivity index (χ2n) is 5.39. The lowest BCUT2D eigenvalue weighted by molar-refractivity contribution is -0.145. The monoisotopic (exact) mass is 325 g/mol. The number of hydrogen-bond donors (Lipinski definition) is 2. The molecular formula is C15H20BrNO2. The van der Waals surface area contributed by atoms with Crippen LogP contribution in [0.4, 0.5) is 0 Å². The lowest BCUT2D eigenvalue weighted by Crippen LogP contribution is -2.52. The van der Waals surface area contributed by atoms with Gasteiger partial charge in [0.2, 0.25) is 0 Å². The van der Waals surface area contributed by atoms with Gasteiger partial charge in [-0.1, -0.05) is 53.4 Å². The van der Waals surface area contributed by atoms with Gasteiger partial charge in [-0.2, -0.15) is 0 Å². The van der Waals surface area contributed by atoms with Crippen molar-refractivity contribution >= 4 is 21.9 Å². The maximum atomic E-state index is 11.8. The van der Waals surface area contributed by atoms with Gasteiger partial charge in [-0.25, -0.2) is 4.79 Å². The van der Waals surface area contributed by atoms with Gasteiger partial charge in [0.25, 0.3) is 0 Å². The first-order valence-corrected chi connectivity index (χ1v) is 7.59. The molecule has 1 aliphatic rings. The number of aliphatic carboxylic acids is 1. The molecule has 1 aliphatic carbocycles. The number of hydrogen-bond acceptors (Lipinski definition) is 2. The van der Waals surface area contributed by atoms with Crippen molar-refractivity contribution in [3.63, 3.8) is 0 Å². The average molecular weight is 326 g/mol. The first-order valence-electron chi connectivity index (χ1n) is 6.80. The summed E-state index contributed by atoms with van der Waals surface area (Å²) >= 11 is 3.46. The van der Waals surface area contributed by atoms with E-state index in [9.17, 15) is 9.90 Å². The fourth-order valence-corrected chi connectivity index (χ4v) is 3.46. The number of halogens is 1. The minimum Gasteiger partial charge on any atom is -0.480 e. The predicted molar refractivity (Wildman–Crippen MR) is 79.1 cm³/mol. The van der Waals surface area contributed by atoms with Crippen molar-refractivity contribution in [1.82, 2.24) is 5.32 Å². The second-order valence-corrected chi connectivity index (χ2v) is 6.24. The van der Waals surface area contributed by atoms with Crippen LogP contribution in [0.5, 0.6) is 0 Å². The van der Waals surface area contributed by atoms with Gasteiger partial charge in [0.15, 0.2) is 0 Å². The Morgan fingerprint density at radius 3 is 2.53 bits per heavy atom. The van der Waals surface area contributed by atoms with E-state index < -0.39 is 11.5 Å². The summed E-state index contributed by atoms with van der Waals surface area (Å²) < 4.78 is 0.836. The van der Waals surface area contributed by atoms with Crippen molar-refractivity contribution in [2.45, 2.75) is 50.6 Å². The van der Waals surface area contributed by atoms with E-state index in [2.05, 4.69) is 21.2 Å². The first kappa shape index (κ1) is 14.5. The molecule has 2 N–H and O–H groups in total. The third kappa shape index (κ3) is 3.18. The summed E-state index contributed by atoms with van der Waals surface area (Å²) in [6, 6.07) is 7.83. The van der Waals surface area contributed by atoms with Crippen LogP contribution < -0.4 is 5.32 Å². The van der Waals surface area contributed by atoms with Gasteiger partial charge in [0.05, 0.1) is 0 Å². The third-order valence-corrected chi connectivity index (χ3v) is 4.63. The van der Waals surface area contributed by atoms with Crippen molar-refractivity contribution in [3.8, 4) is 0 Å². The number of carbonyl (C=O) groups is 1. The Bertz CT molecular complexity index is 457. The Labute approximate surface area is 122 Å². The van der Waals surface area contributed by atoms with Crippen LogP contribution in [-0.4, -0.2) is 17.1 Å². The summed E-state index contributed by atoms with van der Waals surface area (Å²) in [5, 5.41) is 13.0. The quantitative estimate of drug-likeness (QED) is 0.887. The molecule has 1 aromatic carbocycles. The van der Waals surface area contributed by atoms with Gasteiger partial charge >= 0.3 is 5.97 Å². The molecule has 0 amide bonds. The number of benzene rings is 1. The van der Waals surface area contributed by atoms with Crippen LogP contribution in [0, 0.1) is 0 Å². The van der Waals surface area contributed by atoms with Crippen molar-refractivity contribution in [2.75, 3.05) is 0 Å². The predicted octanol–water partition coefficient (Wildman–Crippen LogP) is 3.67. The van der Waals surface area contributed by atoms with E-state index in [4.69, 9.17) is 0 Å². The number of carboxylic acid groups (broad SMARTS) is 1. The number of rotatable bonds is 4. The Hall–Kier alpha value is -0.870. The smallest absolute Gasteiger partial charge is 0.328 e. The second kappa shape index (κ2) is 6.06. The van der Waals surface area contributed by atoms with Gasteiger partial charge < -0.3 is 5.11 Å². The van der Waals surface area contributed by atoms with Crippen LogP contribution in [0.3, 0.4) is 0 Å². The summed E-state index contributed by atoms with van der Waals surface area (Å²) in [5.41, 5.74) is -0.254. The lowest BCUT2D eigenvalue weighted by Gasteiger charge is -2.34. The Kier molecular flexibility index (Phi) is 4.63. The summed E-state index contributed by atoms with van der Waals surface area (Å²) in [7, 11) is 0. The van der Waals surface area contributed by atoms with Gasteiger partial charge in [0, 0.05) is 10.5 Å². The van der Waals surface area contributed by atoms with Gasteiger partial charge in [-0.3, -0.25) is 5.32 Å². The summed E-state index contributed by atoms with van der Waals surface area (Å²) in [5.74, 6) is -0.829. The lowest BCUT2D eigenvalue weighted by atomic mass is 9.87. The molecule has 19 heavy (non-hydrogen) atoms. The molecule has 0 radical (unpaired) electrons. The zero-order chi connectivity index (χ0) is 13.9. The molecule has 2 rings (SSSR count). The molecular weight excluding hydrogens is 306 g/mol. The maximum Gasteiger partial charge on any atom is 0.328 e. The Balaban J connectivity index is 2.27.